The average molecular weight is 295 g/mol. The molecule has 0 saturated heterocycles. The first kappa shape index (κ1) is 9.54. The summed E-state index contributed by atoms with van der Waals surface area (Å²) in [6.45, 7) is 0. The summed E-state index contributed by atoms with van der Waals surface area (Å²) in [5, 5.41) is 8.71. The Balaban J connectivity index is 3.37. The van der Waals surface area contributed by atoms with Gasteiger partial charge < -0.3 is 10.8 Å². The molecule has 3 nitrogen and oxygen atoms in total. The smallest absolute Gasteiger partial charge is 0.336 e. The topological polar surface area (TPSA) is 63.3 Å². The summed E-state index contributed by atoms with van der Waals surface area (Å²) in [6.07, 6.45) is 0. The molecule has 64 valence electrons. The van der Waals surface area contributed by atoms with Crippen LogP contribution in [0.15, 0.2) is 21.1 Å². The van der Waals surface area contributed by atoms with Crippen LogP contribution in [-0.2, 0) is 0 Å². The highest BCUT2D eigenvalue weighted by atomic mass is 79.9. The Morgan fingerprint density at radius 3 is 2.50 bits per heavy atom. The summed E-state index contributed by atoms with van der Waals surface area (Å²) in [7, 11) is 0. The number of carboxylic acid groups (broad SMARTS) is 1. The molecule has 5 heteroatoms. The lowest BCUT2D eigenvalue weighted by Crippen LogP contribution is -1.99. The van der Waals surface area contributed by atoms with Gasteiger partial charge >= 0.3 is 5.97 Å². The fourth-order valence-electron chi connectivity index (χ4n) is 0.766. The van der Waals surface area contributed by atoms with E-state index in [2.05, 4.69) is 31.9 Å². The summed E-state index contributed by atoms with van der Waals surface area (Å²) in [5.41, 5.74) is 6.03. The Labute approximate surface area is 85.8 Å². The first-order chi connectivity index (χ1) is 5.52. The molecule has 1 aromatic rings. The summed E-state index contributed by atoms with van der Waals surface area (Å²) in [6, 6.07) is 3.04. The summed E-state index contributed by atoms with van der Waals surface area (Å²) in [5.74, 6) is -1.00. The molecule has 0 heterocycles. The van der Waals surface area contributed by atoms with Crippen LogP contribution in [0.5, 0.6) is 0 Å². The van der Waals surface area contributed by atoms with E-state index in [0.29, 0.717) is 14.6 Å². The number of carbonyl (C=O) groups is 1. The van der Waals surface area contributed by atoms with Gasteiger partial charge in [-0.25, -0.2) is 4.79 Å². The highest BCUT2D eigenvalue weighted by Gasteiger charge is 2.11. The van der Waals surface area contributed by atoms with E-state index in [-0.39, 0.29) is 5.56 Å². The van der Waals surface area contributed by atoms with Gasteiger partial charge in [-0.15, -0.1) is 0 Å². The molecule has 0 aliphatic carbocycles. The lowest BCUT2D eigenvalue weighted by molar-refractivity contribution is 0.0696. The van der Waals surface area contributed by atoms with E-state index in [9.17, 15) is 4.79 Å². The monoisotopic (exact) mass is 293 g/mol. The van der Waals surface area contributed by atoms with Gasteiger partial charge in [-0.1, -0.05) is 0 Å². The minimum absolute atomic E-state index is 0.155. The van der Waals surface area contributed by atoms with Gasteiger partial charge in [-0.2, -0.15) is 0 Å². The number of aromatic carboxylic acids is 1. The molecule has 0 saturated carbocycles. The Bertz CT molecular complexity index is 338. The van der Waals surface area contributed by atoms with Gasteiger partial charge in [0.1, 0.15) is 0 Å². The van der Waals surface area contributed by atoms with E-state index < -0.39 is 5.97 Å². The fourth-order valence-corrected chi connectivity index (χ4v) is 1.64. The molecule has 0 aromatic heterocycles. The molecule has 0 aliphatic rings. The van der Waals surface area contributed by atoms with Gasteiger partial charge in [0.2, 0.25) is 0 Å². The maximum atomic E-state index is 10.6. The molecule has 0 unspecified atom stereocenters. The van der Waals surface area contributed by atoms with Crippen LogP contribution in [0.3, 0.4) is 0 Å². The van der Waals surface area contributed by atoms with Gasteiger partial charge in [0.25, 0.3) is 0 Å². The van der Waals surface area contributed by atoms with Crippen LogP contribution in [0.2, 0.25) is 0 Å². The molecule has 1 rings (SSSR count). The lowest BCUT2D eigenvalue weighted by atomic mass is 10.2. The second kappa shape index (κ2) is 3.45. The molecule has 0 atom stereocenters. The molecular formula is C7H5Br2NO2. The Hall–Kier alpha value is -0.550. The number of halogens is 2. The zero-order valence-electron chi connectivity index (χ0n) is 5.84. The largest absolute Gasteiger partial charge is 0.478 e. The highest BCUT2D eigenvalue weighted by molar-refractivity contribution is 9.13. The molecule has 0 bridgehead atoms. The van der Waals surface area contributed by atoms with Crippen molar-refractivity contribution in [2.45, 2.75) is 0 Å². The molecule has 0 fully saturated rings. The van der Waals surface area contributed by atoms with Gasteiger partial charge in [0.15, 0.2) is 0 Å². The first-order valence-electron chi connectivity index (χ1n) is 3.00. The number of nitrogens with two attached hydrogens (primary N) is 1. The third kappa shape index (κ3) is 1.78. The number of nitrogen functional groups attached to an aromatic ring is 1. The minimum Gasteiger partial charge on any atom is -0.478 e. The Kier molecular flexibility index (Phi) is 2.74. The van der Waals surface area contributed by atoms with E-state index in [1.165, 1.54) is 6.07 Å². The Morgan fingerprint density at radius 1 is 1.42 bits per heavy atom. The number of anilines is 1. The number of hydrogen-bond donors (Lipinski definition) is 2. The molecule has 12 heavy (non-hydrogen) atoms. The average Bonchev–Trinajstić information content (AvgIpc) is 1.96. The zero-order chi connectivity index (χ0) is 9.30. The highest BCUT2D eigenvalue weighted by Crippen LogP contribution is 2.29. The van der Waals surface area contributed by atoms with Gasteiger partial charge in [-0.3, -0.25) is 0 Å². The van der Waals surface area contributed by atoms with Gasteiger partial charge in [0.05, 0.1) is 5.56 Å². The van der Waals surface area contributed by atoms with E-state index in [0.717, 1.165) is 0 Å². The first-order valence-corrected chi connectivity index (χ1v) is 4.59. The van der Waals surface area contributed by atoms with Crippen molar-refractivity contribution in [3.8, 4) is 0 Å². The van der Waals surface area contributed by atoms with Crippen LogP contribution >= 0.6 is 31.9 Å². The number of carboxylic acids is 1. The number of hydrogen-bond acceptors (Lipinski definition) is 2. The third-order valence-electron chi connectivity index (χ3n) is 1.28. The number of rotatable bonds is 1. The SMILES string of the molecule is Nc1cc(Br)c(Br)c(C(=O)O)c1. The maximum Gasteiger partial charge on any atom is 0.336 e. The zero-order valence-corrected chi connectivity index (χ0v) is 9.02. The van der Waals surface area contributed by atoms with Crippen LogP contribution in [0.4, 0.5) is 5.69 Å². The van der Waals surface area contributed by atoms with Crippen LogP contribution < -0.4 is 5.73 Å². The van der Waals surface area contributed by atoms with Crippen molar-refractivity contribution in [2.75, 3.05) is 5.73 Å². The van der Waals surface area contributed by atoms with Crippen molar-refractivity contribution in [1.29, 1.82) is 0 Å². The summed E-state index contributed by atoms with van der Waals surface area (Å²) in [4.78, 5) is 10.6. The van der Waals surface area contributed by atoms with Crippen molar-refractivity contribution in [3.05, 3.63) is 26.6 Å². The standard InChI is InChI=1S/C7H5Br2NO2/c8-5-2-3(10)1-4(6(5)9)7(11)12/h1-2H,10H2,(H,11,12). The van der Waals surface area contributed by atoms with Crippen molar-refractivity contribution in [3.63, 3.8) is 0 Å². The van der Waals surface area contributed by atoms with Crippen molar-refractivity contribution < 1.29 is 9.90 Å². The normalized spacial score (nSPS) is 9.83. The van der Waals surface area contributed by atoms with Crippen LogP contribution in [0.25, 0.3) is 0 Å². The second-order valence-electron chi connectivity index (χ2n) is 2.17. The van der Waals surface area contributed by atoms with Crippen molar-refractivity contribution >= 4 is 43.5 Å². The van der Waals surface area contributed by atoms with Crippen LogP contribution in [0.1, 0.15) is 10.4 Å². The quantitative estimate of drug-likeness (QED) is 0.782. The number of benzene rings is 1. The Morgan fingerprint density at radius 2 is 2.00 bits per heavy atom. The summed E-state index contributed by atoms with van der Waals surface area (Å²) < 4.78 is 1.14. The molecule has 0 radical (unpaired) electrons. The maximum absolute atomic E-state index is 10.6. The van der Waals surface area contributed by atoms with Crippen LogP contribution in [-0.4, -0.2) is 11.1 Å². The summed E-state index contributed by atoms with van der Waals surface area (Å²) >= 11 is 6.31. The van der Waals surface area contributed by atoms with Crippen LogP contribution in [0, 0.1) is 0 Å². The van der Waals surface area contributed by atoms with E-state index in [4.69, 9.17) is 10.8 Å². The van der Waals surface area contributed by atoms with E-state index >= 15 is 0 Å². The van der Waals surface area contributed by atoms with E-state index in [1.54, 1.807) is 6.07 Å². The molecule has 3 N–H and O–H groups in total. The fraction of sp³-hybridized carbons (Fsp3) is 0. The van der Waals surface area contributed by atoms with Gasteiger partial charge in [0, 0.05) is 14.6 Å². The molecule has 0 aliphatic heterocycles. The molecular weight excluding hydrogens is 290 g/mol. The predicted molar refractivity (Wildman–Crippen MR) is 53.2 cm³/mol. The lowest BCUT2D eigenvalue weighted by Gasteiger charge is -2.02. The van der Waals surface area contributed by atoms with Gasteiger partial charge in [-0.05, 0) is 44.0 Å². The van der Waals surface area contributed by atoms with E-state index in [1.807, 2.05) is 0 Å². The second-order valence-corrected chi connectivity index (χ2v) is 3.82. The van der Waals surface area contributed by atoms with Crippen molar-refractivity contribution in [1.82, 2.24) is 0 Å². The molecule has 0 amide bonds. The minimum atomic E-state index is -1.00. The molecule has 1 aromatic carbocycles. The predicted octanol–water partition coefficient (Wildman–Crippen LogP) is 2.49. The van der Waals surface area contributed by atoms with Crippen molar-refractivity contribution in [2.24, 2.45) is 0 Å². The third-order valence-corrected chi connectivity index (χ3v) is 3.29. The molecule has 0 spiro atoms.